The fourth-order valence-electron chi connectivity index (χ4n) is 4.04. The van der Waals surface area contributed by atoms with Crippen molar-refractivity contribution in [2.45, 2.75) is 45.1 Å². The lowest BCUT2D eigenvalue weighted by Crippen LogP contribution is -2.47. The van der Waals surface area contributed by atoms with E-state index in [0.29, 0.717) is 6.54 Å². The van der Waals surface area contributed by atoms with Crippen LogP contribution in [0, 0.1) is 0 Å². The van der Waals surface area contributed by atoms with Gasteiger partial charge in [-0.1, -0.05) is 32.6 Å². The normalized spacial score (nSPS) is 15.4. The molecule has 2 heterocycles. The number of ether oxygens (including phenoxy) is 1. The number of carboxylic acid groups (broad SMARTS) is 2. The second kappa shape index (κ2) is 14.5. The number of piperazine rings is 1. The van der Waals surface area contributed by atoms with Crippen molar-refractivity contribution in [1.29, 1.82) is 0 Å². The van der Waals surface area contributed by atoms with Crippen LogP contribution in [0.25, 0.3) is 10.9 Å². The number of unbranched alkanes of at least 4 members (excludes halogenated alkanes) is 4. The van der Waals surface area contributed by atoms with Crippen LogP contribution < -0.4 is 4.74 Å². The Morgan fingerprint density at radius 3 is 2.26 bits per heavy atom. The van der Waals surface area contributed by atoms with Crippen LogP contribution in [0.4, 0.5) is 0 Å². The smallest absolute Gasteiger partial charge is 0.414 e. The second-order valence-corrected chi connectivity index (χ2v) is 8.47. The third kappa shape index (κ3) is 8.89. The van der Waals surface area contributed by atoms with Crippen molar-refractivity contribution in [1.82, 2.24) is 14.8 Å². The van der Waals surface area contributed by atoms with Gasteiger partial charge in [0.2, 0.25) is 0 Å². The minimum Gasteiger partial charge on any atom is -0.497 e. The number of hydrogen-bond donors (Lipinski definition) is 3. The van der Waals surface area contributed by atoms with Gasteiger partial charge in [0.1, 0.15) is 5.75 Å². The van der Waals surface area contributed by atoms with E-state index in [1.54, 1.807) is 13.3 Å². The Morgan fingerprint density at radius 1 is 1.00 bits per heavy atom. The summed E-state index contributed by atoms with van der Waals surface area (Å²) in [5.41, 5.74) is 1.83. The fourth-order valence-corrected chi connectivity index (χ4v) is 4.04. The lowest BCUT2D eigenvalue weighted by Gasteiger charge is -2.35. The zero-order valence-electron chi connectivity index (χ0n) is 20.2. The SMILES string of the molecule is CCCCCCCN1CCN(C[C@H](O)c2ccnc3ccc(OC)cc23)CC1.O=C(O)C(=O)O. The van der Waals surface area contributed by atoms with Gasteiger partial charge in [-0.15, -0.1) is 0 Å². The molecule has 1 aromatic heterocycles. The topological polar surface area (TPSA) is 123 Å². The van der Waals surface area contributed by atoms with Gasteiger partial charge in [0.05, 0.1) is 18.7 Å². The number of rotatable bonds is 10. The Balaban J connectivity index is 0.000000604. The van der Waals surface area contributed by atoms with Crippen LogP contribution in [0.2, 0.25) is 0 Å². The molecule has 0 saturated carbocycles. The maximum atomic E-state index is 10.9. The van der Waals surface area contributed by atoms with E-state index in [1.807, 2.05) is 24.3 Å². The van der Waals surface area contributed by atoms with Gasteiger partial charge in [0, 0.05) is 44.3 Å². The first-order chi connectivity index (χ1) is 16.3. The maximum Gasteiger partial charge on any atom is 0.414 e. The highest BCUT2D eigenvalue weighted by molar-refractivity contribution is 6.27. The van der Waals surface area contributed by atoms with Crippen molar-refractivity contribution in [3.05, 3.63) is 36.0 Å². The van der Waals surface area contributed by atoms with Crippen LogP contribution in [0.15, 0.2) is 30.5 Å². The molecule has 188 valence electrons. The second-order valence-electron chi connectivity index (χ2n) is 8.47. The predicted octanol–water partition coefficient (Wildman–Crippen LogP) is 3.02. The van der Waals surface area contributed by atoms with Crippen LogP contribution in [-0.4, -0.2) is 88.4 Å². The lowest BCUT2D eigenvalue weighted by atomic mass is 10.0. The van der Waals surface area contributed by atoms with Gasteiger partial charge >= 0.3 is 11.9 Å². The monoisotopic (exact) mass is 475 g/mol. The Bertz CT molecular complexity index is 903. The van der Waals surface area contributed by atoms with E-state index < -0.39 is 18.0 Å². The van der Waals surface area contributed by atoms with E-state index in [0.717, 1.165) is 48.4 Å². The van der Waals surface area contributed by atoms with Crippen LogP contribution in [0.5, 0.6) is 5.75 Å². The Kier molecular flexibility index (Phi) is 11.7. The van der Waals surface area contributed by atoms with Crippen LogP contribution in [0.3, 0.4) is 0 Å². The molecule has 0 radical (unpaired) electrons. The zero-order chi connectivity index (χ0) is 24.9. The molecule has 9 nitrogen and oxygen atoms in total. The van der Waals surface area contributed by atoms with E-state index in [2.05, 4.69) is 21.7 Å². The molecule has 0 amide bonds. The van der Waals surface area contributed by atoms with Gasteiger partial charge in [-0.3, -0.25) is 9.88 Å². The number of hydrogen-bond acceptors (Lipinski definition) is 7. The Morgan fingerprint density at radius 2 is 1.65 bits per heavy atom. The first-order valence-corrected chi connectivity index (χ1v) is 11.9. The summed E-state index contributed by atoms with van der Waals surface area (Å²) >= 11 is 0. The number of aliphatic hydroxyl groups is 1. The van der Waals surface area contributed by atoms with Crippen molar-refractivity contribution in [2.75, 3.05) is 46.4 Å². The fraction of sp³-hybridized carbons (Fsp3) is 0.560. The van der Waals surface area contributed by atoms with Gasteiger partial charge in [0.25, 0.3) is 0 Å². The predicted molar refractivity (Wildman–Crippen MR) is 130 cm³/mol. The number of aliphatic hydroxyl groups excluding tert-OH is 1. The van der Waals surface area contributed by atoms with Crippen molar-refractivity contribution in [3.63, 3.8) is 0 Å². The summed E-state index contributed by atoms with van der Waals surface area (Å²) in [6, 6.07) is 7.76. The highest BCUT2D eigenvalue weighted by Crippen LogP contribution is 2.27. The number of β-amino-alcohol motifs (C(OH)–C–C–N with tert-alkyl or cyclic N) is 1. The number of aromatic nitrogens is 1. The summed E-state index contributed by atoms with van der Waals surface area (Å²) < 4.78 is 5.35. The lowest BCUT2D eigenvalue weighted by molar-refractivity contribution is -0.159. The molecule has 1 aromatic carbocycles. The highest BCUT2D eigenvalue weighted by Gasteiger charge is 2.21. The number of fused-ring (bicyclic) bond motifs is 1. The van der Waals surface area contributed by atoms with E-state index in [4.69, 9.17) is 24.5 Å². The van der Waals surface area contributed by atoms with E-state index in [-0.39, 0.29) is 0 Å². The molecule has 0 bridgehead atoms. The molecule has 3 rings (SSSR count). The van der Waals surface area contributed by atoms with Crippen molar-refractivity contribution < 1.29 is 29.6 Å². The number of carboxylic acids is 2. The number of aliphatic carboxylic acids is 2. The van der Waals surface area contributed by atoms with Crippen LogP contribution >= 0.6 is 0 Å². The quantitative estimate of drug-likeness (QED) is 0.351. The molecule has 2 aromatic rings. The van der Waals surface area contributed by atoms with Gasteiger partial charge < -0.3 is 25.0 Å². The summed E-state index contributed by atoms with van der Waals surface area (Å²) in [4.78, 5) is 27.6. The molecule has 0 aliphatic carbocycles. The molecule has 0 spiro atoms. The third-order valence-electron chi connectivity index (χ3n) is 6.00. The van der Waals surface area contributed by atoms with Gasteiger partial charge in [0.15, 0.2) is 0 Å². The van der Waals surface area contributed by atoms with Crippen molar-refractivity contribution in [3.8, 4) is 5.75 Å². The van der Waals surface area contributed by atoms with Crippen LogP contribution in [0.1, 0.15) is 50.7 Å². The molecule has 1 aliphatic rings. The zero-order valence-corrected chi connectivity index (χ0v) is 20.2. The Hall–Kier alpha value is -2.75. The number of carbonyl (C=O) groups is 2. The summed E-state index contributed by atoms with van der Waals surface area (Å²) in [5.74, 6) is -2.86. The van der Waals surface area contributed by atoms with E-state index >= 15 is 0 Å². The molecule has 1 aliphatic heterocycles. The minimum absolute atomic E-state index is 0.516. The molecular formula is C25H37N3O6. The largest absolute Gasteiger partial charge is 0.497 e. The molecule has 1 saturated heterocycles. The average molecular weight is 476 g/mol. The molecule has 1 atom stereocenters. The summed E-state index contributed by atoms with van der Waals surface area (Å²) in [7, 11) is 1.66. The average Bonchev–Trinajstić information content (AvgIpc) is 2.84. The minimum atomic E-state index is -1.82. The first-order valence-electron chi connectivity index (χ1n) is 11.9. The molecular weight excluding hydrogens is 438 g/mol. The van der Waals surface area contributed by atoms with Gasteiger partial charge in [-0.2, -0.15) is 0 Å². The standard InChI is InChI=1S/C23H35N3O2.C2H2O4/c1-3-4-5-6-7-12-25-13-15-26(16-14-25)18-23(27)20-10-11-24-22-9-8-19(28-2)17-21(20)22;3-1(4)2(5)6/h8-11,17,23,27H,3-7,12-16,18H2,1-2H3;(H,3,4)(H,5,6)/t23-;/m0./s1. The molecule has 9 heteroatoms. The van der Waals surface area contributed by atoms with Crippen LogP contribution in [-0.2, 0) is 9.59 Å². The van der Waals surface area contributed by atoms with Gasteiger partial charge in [-0.05, 0) is 42.8 Å². The molecule has 1 fully saturated rings. The first kappa shape index (κ1) is 27.5. The summed E-state index contributed by atoms with van der Waals surface area (Å²) in [6.45, 7) is 8.40. The molecule has 34 heavy (non-hydrogen) atoms. The van der Waals surface area contributed by atoms with E-state index in [1.165, 1.54) is 38.6 Å². The van der Waals surface area contributed by atoms with Gasteiger partial charge in [-0.25, -0.2) is 9.59 Å². The maximum absolute atomic E-state index is 10.9. The number of benzene rings is 1. The number of pyridine rings is 1. The Labute approximate surface area is 201 Å². The summed E-state index contributed by atoms with van der Waals surface area (Å²) in [6.07, 6.45) is 7.97. The molecule has 0 unspecified atom stereocenters. The summed E-state index contributed by atoms with van der Waals surface area (Å²) in [5, 5.41) is 26.7. The van der Waals surface area contributed by atoms with Crippen molar-refractivity contribution in [2.24, 2.45) is 0 Å². The van der Waals surface area contributed by atoms with Crippen molar-refractivity contribution >= 4 is 22.8 Å². The third-order valence-corrected chi connectivity index (χ3v) is 6.00. The van der Waals surface area contributed by atoms with E-state index in [9.17, 15) is 5.11 Å². The number of nitrogens with zero attached hydrogens (tertiary/aromatic N) is 3. The molecule has 3 N–H and O–H groups in total. The number of methoxy groups -OCH3 is 1. The highest BCUT2D eigenvalue weighted by atomic mass is 16.5.